The monoisotopic (exact) mass is 269 g/mol. The summed E-state index contributed by atoms with van der Waals surface area (Å²) in [4.78, 5) is 16.6. The first-order chi connectivity index (χ1) is 9.08. The number of carbonyl (C=O) groups excluding carboxylic acids is 1. The summed E-state index contributed by atoms with van der Waals surface area (Å²) in [7, 11) is 1.97. The zero-order chi connectivity index (χ0) is 14.3. The van der Waals surface area contributed by atoms with Gasteiger partial charge in [0.2, 0.25) is 5.91 Å². The molecule has 2 N–H and O–H groups in total. The van der Waals surface area contributed by atoms with Crippen molar-refractivity contribution in [2.75, 3.05) is 33.2 Å². The fraction of sp³-hybridized carbons (Fsp3) is 0.933. The average molecular weight is 269 g/mol. The van der Waals surface area contributed by atoms with Crippen LogP contribution in [0, 0.1) is 5.92 Å². The van der Waals surface area contributed by atoms with E-state index < -0.39 is 0 Å². The first-order valence-corrected chi connectivity index (χ1v) is 7.76. The zero-order valence-electron chi connectivity index (χ0n) is 12.9. The number of carbonyl (C=O) groups is 1. The van der Waals surface area contributed by atoms with Gasteiger partial charge in [0, 0.05) is 32.6 Å². The number of likely N-dealkylation sites (tertiary alicyclic amines) is 1. The number of nitrogens with two attached hydrogens (primary N) is 1. The molecule has 0 aliphatic carbocycles. The highest BCUT2D eigenvalue weighted by molar-refractivity contribution is 5.76. The van der Waals surface area contributed by atoms with Gasteiger partial charge >= 0.3 is 0 Å². The van der Waals surface area contributed by atoms with Crippen molar-refractivity contribution in [3.05, 3.63) is 0 Å². The lowest BCUT2D eigenvalue weighted by Gasteiger charge is -2.36. The van der Waals surface area contributed by atoms with Crippen LogP contribution in [0.25, 0.3) is 0 Å². The first kappa shape index (κ1) is 16.4. The summed E-state index contributed by atoms with van der Waals surface area (Å²) >= 11 is 0. The van der Waals surface area contributed by atoms with Crippen LogP contribution >= 0.6 is 0 Å². The molecule has 1 fully saturated rings. The standard InChI is InChI=1S/C15H31N3O/c1-4-18-11-8-14(9-12-18)17(3)15(19)6-5-13(2)7-10-16/h13-14H,4-12,16H2,1-3H3. The van der Waals surface area contributed by atoms with Crippen molar-refractivity contribution in [3.8, 4) is 0 Å². The lowest BCUT2D eigenvalue weighted by Crippen LogP contribution is -2.45. The molecule has 1 atom stereocenters. The molecule has 1 saturated heterocycles. The minimum absolute atomic E-state index is 0.304. The Balaban J connectivity index is 2.28. The highest BCUT2D eigenvalue weighted by atomic mass is 16.2. The van der Waals surface area contributed by atoms with Gasteiger partial charge in [-0.25, -0.2) is 0 Å². The Bertz CT molecular complexity index is 262. The third kappa shape index (κ3) is 5.49. The zero-order valence-corrected chi connectivity index (χ0v) is 12.9. The molecule has 0 aromatic carbocycles. The molecule has 112 valence electrons. The van der Waals surface area contributed by atoms with Gasteiger partial charge in [0.25, 0.3) is 0 Å². The lowest BCUT2D eigenvalue weighted by molar-refractivity contribution is -0.133. The number of hydrogen-bond acceptors (Lipinski definition) is 3. The van der Waals surface area contributed by atoms with Crippen molar-refractivity contribution in [2.45, 2.75) is 52.0 Å². The van der Waals surface area contributed by atoms with Gasteiger partial charge in [-0.2, -0.15) is 0 Å². The van der Waals surface area contributed by atoms with Crippen LogP contribution in [0.1, 0.15) is 46.0 Å². The maximum Gasteiger partial charge on any atom is 0.222 e. The normalized spacial score (nSPS) is 19.4. The summed E-state index contributed by atoms with van der Waals surface area (Å²) in [6, 6.07) is 0.445. The number of nitrogens with zero attached hydrogens (tertiary/aromatic N) is 2. The molecule has 1 heterocycles. The van der Waals surface area contributed by atoms with E-state index in [1.165, 1.54) is 0 Å². The molecule has 0 saturated carbocycles. The van der Waals surface area contributed by atoms with E-state index in [1.54, 1.807) is 0 Å². The number of amides is 1. The predicted octanol–water partition coefficient (Wildman–Crippen LogP) is 1.69. The number of rotatable bonds is 7. The summed E-state index contributed by atoms with van der Waals surface area (Å²) in [5.41, 5.74) is 5.54. The lowest BCUT2D eigenvalue weighted by atomic mass is 10.00. The second-order valence-corrected chi connectivity index (χ2v) is 5.89. The van der Waals surface area contributed by atoms with Crippen molar-refractivity contribution in [3.63, 3.8) is 0 Å². The smallest absolute Gasteiger partial charge is 0.222 e. The van der Waals surface area contributed by atoms with Gasteiger partial charge in [0.05, 0.1) is 0 Å². The molecule has 1 aliphatic rings. The molecule has 1 unspecified atom stereocenters. The van der Waals surface area contributed by atoms with Crippen molar-refractivity contribution >= 4 is 5.91 Å². The van der Waals surface area contributed by atoms with Gasteiger partial charge in [-0.3, -0.25) is 4.79 Å². The first-order valence-electron chi connectivity index (χ1n) is 7.76. The molecule has 19 heavy (non-hydrogen) atoms. The Morgan fingerprint density at radius 1 is 1.37 bits per heavy atom. The molecule has 0 aromatic heterocycles. The van der Waals surface area contributed by atoms with Crippen molar-refractivity contribution < 1.29 is 4.79 Å². The second-order valence-electron chi connectivity index (χ2n) is 5.89. The van der Waals surface area contributed by atoms with Crippen LogP contribution in [-0.4, -0.2) is 55.0 Å². The van der Waals surface area contributed by atoms with Crippen LogP contribution in [-0.2, 0) is 4.79 Å². The van der Waals surface area contributed by atoms with E-state index in [0.717, 1.165) is 51.9 Å². The molecule has 4 heteroatoms. The fourth-order valence-corrected chi connectivity index (χ4v) is 2.80. The van der Waals surface area contributed by atoms with Crippen LogP contribution in [0.15, 0.2) is 0 Å². The van der Waals surface area contributed by atoms with Crippen LogP contribution in [0.2, 0.25) is 0 Å². The van der Waals surface area contributed by atoms with Crippen LogP contribution in [0.5, 0.6) is 0 Å². The Hall–Kier alpha value is -0.610. The summed E-state index contributed by atoms with van der Waals surface area (Å²) in [6.45, 7) is 8.49. The van der Waals surface area contributed by atoms with Gasteiger partial charge in [-0.05, 0) is 44.7 Å². The van der Waals surface area contributed by atoms with Gasteiger partial charge in [-0.15, -0.1) is 0 Å². The van der Waals surface area contributed by atoms with E-state index in [1.807, 2.05) is 11.9 Å². The Morgan fingerprint density at radius 3 is 2.53 bits per heavy atom. The maximum absolute atomic E-state index is 12.2. The molecular weight excluding hydrogens is 238 g/mol. The Labute approximate surface area is 118 Å². The highest BCUT2D eigenvalue weighted by Gasteiger charge is 2.24. The third-order valence-electron chi connectivity index (χ3n) is 4.46. The third-order valence-corrected chi connectivity index (χ3v) is 4.46. The maximum atomic E-state index is 12.2. The van der Waals surface area contributed by atoms with Crippen molar-refractivity contribution in [2.24, 2.45) is 11.7 Å². The second kappa shape index (κ2) is 8.54. The quantitative estimate of drug-likeness (QED) is 0.765. The molecule has 4 nitrogen and oxygen atoms in total. The van der Waals surface area contributed by atoms with Gasteiger partial charge < -0.3 is 15.5 Å². The molecular formula is C15H31N3O. The fourth-order valence-electron chi connectivity index (χ4n) is 2.80. The van der Waals surface area contributed by atoms with E-state index >= 15 is 0 Å². The summed E-state index contributed by atoms with van der Waals surface area (Å²) in [5.74, 6) is 0.864. The Kier molecular flexibility index (Phi) is 7.39. The van der Waals surface area contributed by atoms with Gasteiger partial charge in [0.1, 0.15) is 0 Å². The summed E-state index contributed by atoms with van der Waals surface area (Å²) in [6.07, 6.45) is 4.90. The topological polar surface area (TPSA) is 49.6 Å². The van der Waals surface area contributed by atoms with E-state index in [9.17, 15) is 4.79 Å². The number of piperidine rings is 1. The molecule has 0 bridgehead atoms. The molecule has 0 spiro atoms. The van der Waals surface area contributed by atoms with Crippen LogP contribution < -0.4 is 5.73 Å². The van der Waals surface area contributed by atoms with Crippen LogP contribution in [0.3, 0.4) is 0 Å². The minimum Gasteiger partial charge on any atom is -0.343 e. The van der Waals surface area contributed by atoms with E-state index in [4.69, 9.17) is 5.73 Å². The van der Waals surface area contributed by atoms with Crippen molar-refractivity contribution in [1.82, 2.24) is 9.80 Å². The Morgan fingerprint density at radius 2 is 2.00 bits per heavy atom. The molecule has 0 radical (unpaired) electrons. The molecule has 1 aliphatic heterocycles. The molecule has 0 aromatic rings. The minimum atomic E-state index is 0.304. The van der Waals surface area contributed by atoms with E-state index in [2.05, 4.69) is 18.7 Å². The largest absolute Gasteiger partial charge is 0.343 e. The SMILES string of the molecule is CCN1CCC(N(C)C(=O)CCC(C)CCN)CC1. The molecule has 1 amide bonds. The van der Waals surface area contributed by atoms with Gasteiger partial charge in [0.15, 0.2) is 0 Å². The van der Waals surface area contributed by atoms with Crippen LogP contribution in [0.4, 0.5) is 0 Å². The van der Waals surface area contributed by atoms with E-state index in [-0.39, 0.29) is 0 Å². The van der Waals surface area contributed by atoms with Gasteiger partial charge in [-0.1, -0.05) is 13.8 Å². The predicted molar refractivity (Wildman–Crippen MR) is 80.0 cm³/mol. The van der Waals surface area contributed by atoms with Crippen molar-refractivity contribution in [1.29, 1.82) is 0 Å². The highest BCUT2D eigenvalue weighted by Crippen LogP contribution is 2.17. The number of hydrogen-bond donors (Lipinski definition) is 1. The van der Waals surface area contributed by atoms with E-state index in [0.29, 0.717) is 24.3 Å². The summed E-state index contributed by atoms with van der Waals surface area (Å²) in [5, 5.41) is 0. The summed E-state index contributed by atoms with van der Waals surface area (Å²) < 4.78 is 0. The molecule has 1 rings (SSSR count). The average Bonchev–Trinajstić information content (AvgIpc) is 2.44.